The van der Waals surface area contributed by atoms with Crippen LogP contribution in [0.1, 0.15) is 18.9 Å². The average Bonchev–Trinajstić information content (AvgIpc) is 2.26. The number of rotatable bonds is 3. The number of thiocarbonyl (C=S) groups is 1. The molecule has 1 aromatic rings. The number of nitriles is 1. The highest BCUT2D eigenvalue weighted by Crippen LogP contribution is 2.20. The summed E-state index contributed by atoms with van der Waals surface area (Å²) in [4.78, 5) is 0. The molecule has 1 unspecified atom stereocenters. The summed E-state index contributed by atoms with van der Waals surface area (Å²) in [5, 5.41) is 8.77. The average molecular weight is 221 g/mol. The third-order valence-corrected chi connectivity index (χ3v) is 3.47. The molecule has 3 heteroatoms. The highest BCUT2D eigenvalue weighted by atomic mass is 32.2. The van der Waals surface area contributed by atoms with Gasteiger partial charge in [0.1, 0.15) is 0 Å². The van der Waals surface area contributed by atoms with E-state index in [0.29, 0.717) is 0 Å². The number of hydrogen-bond acceptors (Lipinski definition) is 3. The number of hydrogen-bond donors (Lipinski definition) is 0. The summed E-state index contributed by atoms with van der Waals surface area (Å²) in [6, 6.07) is 12.0. The Morgan fingerprint density at radius 1 is 1.50 bits per heavy atom. The molecule has 0 aliphatic heterocycles. The van der Waals surface area contributed by atoms with E-state index in [-0.39, 0.29) is 5.25 Å². The summed E-state index contributed by atoms with van der Waals surface area (Å²) in [6.07, 6.45) is 0.828. The zero-order chi connectivity index (χ0) is 10.4. The molecule has 0 saturated carbocycles. The van der Waals surface area contributed by atoms with E-state index in [1.165, 1.54) is 11.8 Å². The lowest BCUT2D eigenvalue weighted by Crippen LogP contribution is -2.02. The van der Waals surface area contributed by atoms with Crippen molar-refractivity contribution in [3.05, 3.63) is 35.9 Å². The SMILES string of the molecule is CCC(C#N)SC(=S)c1ccccc1. The van der Waals surface area contributed by atoms with Crippen LogP contribution in [0.25, 0.3) is 0 Å². The fourth-order valence-electron chi connectivity index (χ4n) is 0.972. The summed E-state index contributed by atoms with van der Waals surface area (Å²) >= 11 is 6.71. The van der Waals surface area contributed by atoms with Crippen LogP contribution in [0, 0.1) is 11.3 Å². The zero-order valence-electron chi connectivity index (χ0n) is 7.93. The monoisotopic (exact) mass is 221 g/mol. The Kier molecular flexibility index (Phi) is 4.64. The zero-order valence-corrected chi connectivity index (χ0v) is 9.57. The molecular weight excluding hydrogens is 210 g/mol. The van der Waals surface area contributed by atoms with Crippen LogP contribution < -0.4 is 0 Å². The lowest BCUT2D eigenvalue weighted by atomic mass is 10.2. The summed E-state index contributed by atoms with van der Waals surface area (Å²) in [5.41, 5.74) is 1.03. The molecule has 0 aliphatic carbocycles. The quantitative estimate of drug-likeness (QED) is 0.731. The van der Waals surface area contributed by atoms with Gasteiger partial charge >= 0.3 is 0 Å². The van der Waals surface area contributed by atoms with Gasteiger partial charge in [-0.1, -0.05) is 61.2 Å². The van der Waals surface area contributed by atoms with Crippen molar-refractivity contribution in [3.8, 4) is 6.07 Å². The smallest absolute Gasteiger partial charge is 0.0969 e. The molecule has 0 aromatic heterocycles. The summed E-state index contributed by atoms with van der Waals surface area (Å²) in [5.74, 6) is 0. The van der Waals surface area contributed by atoms with Gasteiger partial charge in [-0.25, -0.2) is 0 Å². The van der Waals surface area contributed by atoms with E-state index in [0.717, 1.165) is 16.2 Å². The van der Waals surface area contributed by atoms with Gasteiger partial charge in [-0.05, 0) is 12.0 Å². The first kappa shape index (κ1) is 11.2. The highest BCUT2D eigenvalue weighted by Gasteiger charge is 2.09. The normalized spacial score (nSPS) is 11.7. The Balaban J connectivity index is 2.64. The molecule has 1 atom stereocenters. The van der Waals surface area contributed by atoms with Gasteiger partial charge in [0.15, 0.2) is 0 Å². The van der Waals surface area contributed by atoms with Gasteiger partial charge in [-0.3, -0.25) is 0 Å². The molecular formula is C11H11NS2. The predicted octanol–water partition coefficient (Wildman–Crippen LogP) is 3.40. The van der Waals surface area contributed by atoms with E-state index in [1.54, 1.807) is 0 Å². The van der Waals surface area contributed by atoms with Gasteiger partial charge in [-0.2, -0.15) is 5.26 Å². The van der Waals surface area contributed by atoms with Gasteiger partial charge in [0.2, 0.25) is 0 Å². The van der Waals surface area contributed by atoms with E-state index in [4.69, 9.17) is 17.5 Å². The van der Waals surface area contributed by atoms with Crippen molar-refractivity contribution in [2.75, 3.05) is 0 Å². The van der Waals surface area contributed by atoms with Crippen LogP contribution in [-0.2, 0) is 0 Å². The van der Waals surface area contributed by atoms with Crippen molar-refractivity contribution >= 4 is 28.2 Å². The van der Waals surface area contributed by atoms with Gasteiger partial charge < -0.3 is 0 Å². The summed E-state index contributed by atoms with van der Waals surface area (Å²) < 4.78 is 0.805. The maximum atomic E-state index is 8.79. The minimum absolute atomic E-state index is 0.0253. The molecule has 1 rings (SSSR count). The van der Waals surface area contributed by atoms with Crippen molar-refractivity contribution in [1.82, 2.24) is 0 Å². The van der Waals surface area contributed by atoms with Crippen molar-refractivity contribution in [3.63, 3.8) is 0 Å². The maximum Gasteiger partial charge on any atom is 0.0969 e. The van der Waals surface area contributed by atoms with E-state index < -0.39 is 0 Å². The minimum Gasteiger partial charge on any atom is -0.197 e. The summed E-state index contributed by atoms with van der Waals surface area (Å²) in [7, 11) is 0. The third-order valence-electron chi connectivity index (χ3n) is 1.77. The molecule has 0 radical (unpaired) electrons. The van der Waals surface area contributed by atoms with Gasteiger partial charge in [0.25, 0.3) is 0 Å². The van der Waals surface area contributed by atoms with Crippen LogP contribution in [0.2, 0.25) is 0 Å². The third kappa shape index (κ3) is 3.13. The van der Waals surface area contributed by atoms with Crippen LogP contribution in [0.5, 0.6) is 0 Å². The second-order valence-electron chi connectivity index (χ2n) is 2.80. The predicted molar refractivity (Wildman–Crippen MR) is 65.4 cm³/mol. The van der Waals surface area contributed by atoms with E-state index in [2.05, 4.69) is 6.07 Å². The Bertz CT molecular complexity index is 340. The Labute approximate surface area is 94.1 Å². The van der Waals surface area contributed by atoms with Crippen LogP contribution in [0.3, 0.4) is 0 Å². The van der Waals surface area contributed by atoms with Crippen LogP contribution >= 0.6 is 24.0 Å². The first-order valence-electron chi connectivity index (χ1n) is 4.43. The second kappa shape index (κ2) is 5.79. The maximum absolute atomic E-state index is 8.79. The largest absolute Gasteiger partial charge is 0.197 e. The van der Waals surface area contributed by atoms with Crippen LogP contribution in [-0.4, -0.2) is 9.45 Å². The molecule has 0 aliphatic rings. The van der Waals surface area contributed by atoms with Crippen molar-refractivity contribution in [1.29, 1.82) is 5.26 Å². The molecule has 0 fully saturated rings. The fraction of sp³-hybridized carbons (Fsp3) is 0.273. The summed E-state index contributed by atoms with van der Waals surface area (Å²) in [6.45, 7) is 1.99. The topological polar surface area (TPSA) is 23.8 Å². The highest BCUT2D eigenvalue weighted by molar-refractivity contribution is 8.24. The van der Waals surface area contributed by atoms with Crippen molar-refractivity contribution in [2.45, 2.75) is 18.6 Å². The lowest BCUT2D eigenvalue weighted by Gasteiger charge is -2.06. The molecule has 0 spiro atoms. The van der Waals surface area contributed by atoms with Gasteiger partial charge in [-0.15, -0.1) is 0 Å². The Morgan fingerprint density at radius 2 is 2.14 bits per heavy atom. The Morgan fingerprint density at radius 3 is 2.64 bits per heavy atom. The molecule has 0 bridgehead atoms. The minimum atomic E-state index is -0.0253. The van der Waals surface area contributed by atoms with Crippen LogP contribution in [0.15, 0.2) is 30.3 Å². The molecule has 1 nitrogen and oxygen atoms in total. The molecule has 0 amide bonds. The van der Waals surface area contributed by atoms with E-state index in [1.807, 2.05) is 37.3 Å². The standard InChI is InChI=1S/C11H11NS2/c1-2-10(8-12)14-11(13)9-6-4-3-5-7-9/h3-7,10H,2H2,1H3. The second-order valence-corrected chi connectivity index (χ2v) is 4.68. The van der Waals surface area contributed by atoms with E-state index in [9.17, 15) is 0 Å². The molecule has 0 heterocycles. The van der Waals surface area contributed by atoms with Crippen molar-refractivity contribution in [2.24, 2.45) is 0 Å². The molecule has 0 saturated heterocycles. The first-order valence-corrected chi connectivity index (χ1v) is 5.72. The van der Waals surface area contributed by atoms with Gasteiger partial charge in [0.05, 0.1) is 15.5 Å². The molecule has 14 heavy (non-hydrogen) atoms. The lowest BCUT2D eigenvalue weighted by molar-refractivity contribution is 0.991. The molecule has 0 N–H and O–H groups in total. The van der Waals surface area contributed by atoms with Crippen LogP contribution in [0.4, 0.5) is 0 Å². The number of thioether (sulfide) groups is 1. The van der Waals surface area contributed by atoms with Gasteiger partial charge in [0, 0.05) is 0 Å². The molecule has 1 aromatic carbocycles. The first-order chi connectivity index (χ1) is 6.77. The Hall–Kier alpha value is -0.850. The van der Waals surface area contributed by atoms with E-state index >= 15 is 0 Å². The molecule has 72 valence electrons. The number of nitrogens with zero attached hydrogens (tertiary/aromatic N) is 1. The number of benzene rings is 1. The fourth-order valence-corrected chi connectivity index (χ4v) is 2.21. The van der Waals surface area contributed by atoms with Crippen molar-refractivity contribution < 1.29 is 0 Å².